The van der Waals surface area contributed by atoms with Crippen LogP contribution in [0.2, 0.25) is 0 Å². The van der Waals surface area contributed by atoms with Gasteiger partial charge >= 0.3 is 5.97 Å². The van der Waals surface area contributed by atoms with E-state index < -0.39 is 21.2 Å². The third kappa shape index (κ3) is 6.75. The fourth-order valence-corrected chi connectivity index (χ4v) is 7.36. The number of aromatic nitrogens is 1. The van der Waals surface area contributed by atoms with Crippen molar-refractivity contribution in [3.63, 3.8) is 0 Å². The van der Waals surface area contributed by atoms with Crippen LogP contribution in [0.1, 0.15) is 84.1 Å². The van der Waals surface area contributed by atoms with Gasteiger partial charge in [0, 0.05) is 54.5 Å². The zero-order valence-electron chi connectivity index (χ0n) is 24.4. The van der Waals surface area contributed by atoms with E-state index in [0.29, 0.717) is 38.1 Å². The van der Waals surface area contributed by atoms with Crippen LogP contribution in [0.5, 0.6) is 0 Å². The van der Waals surface area contributed by atoms with E-state index in [2.05, 4.69) is 9.88 Å². The normalized spacial score (nSPS) is 20.6. The van der Waals surface area contributed by atoms with Crippen LogP contribution in [0.15, 0.2) is 40.9 Å². The first-order valence-corrected chi connectivity index (χ1v) is 16.4. The maximum Gasteiger partial charge on any atom is 0.306 e. The van der Waals surface area contributed by atoms with E-state index in [9.17, 15) is 18.0 Å². The molecular formula is C31H42N4O5S. The SMILES string of the molecule is CC(C)(C)OC(=O)CCCn1ccc2c(/C=C/S(=O)(=O)N3CCC4(CC3)N=C(C3CCCCC3)NC4=O)cccc21. The summed E-state index contributed by atoms with van der Waals surface area (Å²) in [7, 11) is -3.67. The average Bonchev–Trinajstić information content (AvgIpc) is 3.48. The Morgan fingerprint density at radius 1 is 1.15 bits per heavy atom. The van der Waals surface area contributed by atoms with Gasteiger partial charge in [0.05, 0.1) is 0 Å². The minimum Gasteiger partial charge on any atom is -0.460 e. The number of nitrogens with zero attached hydrogens (tertiary/aromatic N) is 3. The lowest BCUT2D eigenvalue weighted by Gasteiger charge is -2.34. The van der Waals surface area contributed by atoms with E-state index in [0.717, 1.165) is 48.0 Å². The molecule has 3 aliphatic rings. The van der Waals surface area contributed by atoms with Crippen molar-refractivity contribution in [2.24, 2.45) is 10.9 Å². The van der Waals surface area contributed by atoms with Gasteiger partial charge in [0.25, 0.3) is 5.91 Å². The molecule has 9 nitrogen and oxygen atoms in total. The molecule has 0 atom stereocenters. The third-order valence-electron chi connectivity index (χ3n) is 8.37. The van der Waals surface area contributed by atoms with Crippen LogP contribution in [0.4, 0.5) is 0 Å². The van der Waals surface area contributed by atoms with Crippen LogP contribution in [0.25, 0.3) is 17.0 Å². The number of carbonyl (C=O) groups is 2. The molecule has 1 aromatic carbocycles. The molecule has 1 saturated heterocycles. The van der Waals surface area contributed by atoms with Gasteiger partial charge in [-0.2, -0.15) is 4.31 Å². The molecule has 0 bridgehead atoms. The number of rotatable bonds is 8. The molecule has 2 aliphatic heterocycles. The first kappa shape index (κ1) is 29.5. The molecule has 1 saturated carbocycles. The van der Waals surface area contributed by atoms with E-state index in [4.69, 9.17) is 9.73 Å². The van der Waals surface area contributed by atoms with Gasteiger partial charge < -0.3 is 14.6 Å². The van der Waals surface area contributed by atoms with Gasteiger partial charge in [-0.3, -0.25) is 14.6 Å². The number of amides is 1. The summed E-state index contributed by atoms with van der Waals surface area (Å²) in [6.45, 7) is 6.76. The molecule has 41 heavy (non-hydrogen) atoms. The smallest absolute Gasteiger partial charge is 0.306 e. The minimum absolute atomic E-state index is 0.0760. The predicted octanol–water partition coefficient (Wildman–Crippen LogP) is 5.01. The van der Waals surface area contributed by atoms with E-state index in [1.54, 1.807) is 6.08 Å². The van der Waals surface area contributed by atoms with E-state index >= 15 is 0 Å². The molecule has 3 heterocycles. The topological polar surface area (TPSA) is 110 Å². The first-order chi connectivity index (χ1) is 19.5. The number of carbonyl (C=O) groups excluding carboxylic acids is 2. The Morgan fingerprint density at radius 3 is 2.59 bits per heavy atom. The van der Waals surface area contributed by atoms with Crippen LogP contribution in [0.3, 0.4) is 0 Å². The fraction of sp³-hybridized carbons (Fsp3) is 0.581. The quantitative estimate of drug-likeness (QED) is 0.440. The second-order valence-corrected chi connectivity index (χ2v) is 14.4. The lowest BCUT2D eigenvalue weighted by Crippen LogP contribution is -2.50. The van der Waals surface area contributed by atoms with Crippen molar-refractivity contribution in [2.45, 2.75) is 96.2 Å². The number of piperidine rings is 1. The van der Waals surface area contributed by atoms with Crippen LogP contribution >= 0.6 is 0 Å². The van der Waals surface area contributed by atoms with E-state index in [1.165, 1.54) is 16.1 Å². The Morgan fingerprint density at radius 2 is 1.88 bits per heavy atom. The Hall–Kier alpha value is -2.98. The average molecular weight is 583 g/mol. The molecule has 0 radical (unpaired) electrons. The lowest BCUT2D eigenvalue weighted by atomic mass is 9.88. The monoisotopic (exact) mass is 582 g/mol. The van der Waals surface area contributed by atoms with Crippen molar-refractivity contribution in [1.82, 2.24) is 14.2 Å². The van der Waals surface area contributed by atoms with E-state index in [1.807, 2.05) is 51.2 Å². The number of benzene rings is 1. The van der Waals surface area contributed by atoms with Crippen molar-refractivity contribution < 1.29 is 22.7 Å². The molecule has 1 amide bonds. The molecule has 1 aromatic heterocycles. The summed E-state index contributed by atoms with van der Waals surface area (Å²) in [6.07, 6.45) is 11.1. The second-order valence-electron chi connectivity index (χ2n) is 12.5. The predicted molar refractivity (Wildman–Crippen MR) is 161 cm³/mol. The van der Waals surface area contributed by atoms with Crippen molar-refractivity contribution in [3.05, 3.63) is 41.4 Å². The highest BCUT2D eigenvalue weighted by atomic mass is 32.2. The molecule has 222 valence electrons. The van der Waals surface area contributed by atoms with Gasteiger partial charge in [0.1, 0.15) is 17.0 Å². The number of hydrogen-bond donors (Lipinski definition) is 1. The lowest BCUT2D eigenvalue weighted by molar-refractivity contribution is -0.155. The van der Waals surface area contributed by atoms with Crippen molar-refractivity contribution in [3.8, 4) is 0 Å². The zero-order valence-corrected chi connectivity index (χ0v) is 25.2. The number of amidine groups is 1. The number of ether oxygens (including phenoxy) is 1. The molecule has 2 aromatic rings. The standard InChI is InChI=1S/C31H42N4O5S/c1-30(2,3)40-27(36)13-8-18-34-19-14-25-23(11-7-12-26(25)34)15-22-41(38,39)35-20-16-31(17-21-35)29(37)32-28(33-31)24-9-5-4-6-10-24/h7,11-12,14-15,19,22,24H,4-6,8-10,13,16-18,20-21H2,1-3H3,(H,32,33,37)/b22-15+. The largest absolute Gasteiger partial charge is 0.460 e. The van der Waals surface area contributed by atoms with Crippen molar-refractivity contribution >= 4 is 44.7 Å². The summed E-state index contributed by atoms with van der Waals surface area (Å²) in [5, 5.41) is 5.25. The fourth-order valence-electron chi connectivity index (χ4n) is 6.18. The molecule has 1 N–H and O–H groups in total. The summed E-state index contributed by atoms with van der Waals surface area (Å²) in [4.78, 5) is 29.8. The Kier molecular flexibility index (Phi) is 8.43. The number of sulfonamides is 1. The van der Waals surface area contributed by atoms with Gasteiger partial charge in [-0.15, -0.1) is 0 Å². The van der Waals surface area contributed by atoms with Gasteiger partial charge in [0.2, 0.25) is 10.0 Å². The Bertz CT molecular complexity index is 1450. The zero-order chi connectivity index (χ0) is 29.3. The second kappa shape index (κ2) is 11.7. The summed E-state index contributed by atoms with van der Waals surface area (Å²) in [5.74, 6) is 0.847. The molecule has 5 rings (SSSR count). The number of nitrogens with one attached hydrogen (secondary N) is 1. The minimum atomic E-state index is -3.67. The third-order valence-corrected chi connectivity index (χ3v) is 9.93. The maximum absolute atomic E-state index is 13.3. The molecule has 10 heteroatoms. The molecule has 0 unspecified atom stereocenters. The van der Waals surface area contributed by atoms with Gasteiger partial charge in [-0.1, -0.05) is 31.4 Å². The summed E-state index contributed by atoms with van der Waals surface area (Å²) >= 11 is 0. The molecule has 1 spiro atoms. The van der Waals surface area contributed by atoms with Crippen LogP contribution in [0, 0.1) is 5.92 Å². The highest BCUT2D eigenvalue weighted by Crippen LogP contribution is 2.35. The highest BCUT2D eigenvalue weighted by molar-refractivity contribution is 7.92. The van der Waals surface area contributed by atoms with Crippen molar-refractivity contribution in [1.29, 1.82) is 0 Å². The molecular weight excluding hydrogens is 540 g/mol. The van der Waals surface area contributed by atoms with Crippen LogP contribution in [-0.2, 0) is 30.9 Å². The number of esters is 1. The maximum atomic E-state index is 13.3. The first-order valence-electron chi connectivity index (χ1n) is 14.8. The highest BCUT2D eigenvalue weighted by Gasteiger charge is 2.48. The summed E-state index contributed by atoms with van der Waals surface area (Å²) in [5.41, 5.74) is 0.460. The van der Waals surface area contributed by atoms with Gasteiger partial charge in [0.15, 0.2) is 0 Å². The molecule has 2 fully saturated rings. The summed E-state index contributed by atoms with van der Waals surface area (Å²) < 4.78 is 35.4. The van der Waals surface area contributed by atoms with Crippen LogP contribution < -0.4 is 5.32 Å². The number of aryl methyl sites for hydroxylation is 1. The van der Waals surface area contributed by atoms with Gasteiger partial charge in [-0.25, -0.2) is 8.42 Å². The summed E-state index contributed by atoms with van der Waals surface area (Å²) in [6, 6.07) is 7.77. The van der Waals surface area contributed by atoms with Gasteiger partial charge in [-0.05, 0) is 76.6 Å². The Balaban J connectivity index is 1.21. The Labute approximate surface area is 243 Å². The number of fused-ring (bicyclic) bond motifs is 1. The number of hydrogen-bond acceptors (Lipinski definition) is 6. The van der Waals surface area contributed by atoms with Crippen LogP contribution in [-0.4, -0.2) is 59.2 Å². The van der Waals surface area contributed by atoms with E-state index in [-0.39, 0.29) is 25.0 Å². The number of aliphatic imine (C=N–C) groups is 1. The van der Waals surface area contributed by atoms with Crippen molar-refractivity contribution in [2.75, 3.05) is 13.1 Å². The molecule has 1 aliphatic carbocycles.